The Morgan fingerprint density at radius 3 is 2.63 bits per heavy atom. The second-order valence-electron chi connectivity index (χ2n) is 3.63. The molecule has 0 radical (unpaired) electrons. The lowest BCUT2D eigenvalue weighted by atomic mass is 10.2. The first-order valence-corrected chi connectivity index (χ1v) is 6.22. The van der Waals surface area contributed by atoms with E-state index in [2.05, 4.69) is 21.2 Å². The number of amides is 1. The lowest BCUT2D eigenvalue weighted by molar-refractivity contribution is 0.215. The summed E-state index contributed by atoms with van der Waals surface area (Å²) >= 11 is 3.28. The molecule has 2 aromatic carbocycles. The third kappa shape index (κ3) is 3.57. The highest BCUT2D eigenvalue weighted by Gasteiger charge is 2.09. The van der Waals surface area contributed by atoms with E-state index in [-0.39, 0.29) is 0 Å². The first-order valence-electron chi connectivity index (χ1n) is 5.42. The maximum Gasteiger partial charge on any atom is 0.417 e. The van der Waals surface area contributed by atoms with E-state index in [4.69, 9.17) is 10.00 Å². The maximum atomic E-state index is 11.7. The molecule has 5 heteroatoms. The van der Waals surface area contributed by atoms with Crippen molar-refractivity contribution in [1.29, 1.82) is 5.26 Å². The molecule has 0 bridgehead atoms. The number of nitrogens with one attached hydrogen (secondary N) is 1. The highest BCUT2D eigenvalue weighted by Crippen LogP contribution is 2.21. The minimum Gasteiger partial charge on any atom is -0.410 e. The van der Waals surface area contributed by atoms with Crippen molar-refractivity contribution in [3.05, 3.63) is 58.6 Å². The van der Waals surface area contributed by atoms with Gasteiger partial charge in [0.2, 0.25) is 0 Å². The number of carbonyl (C=O) groups excluding carboxylic acids is 1. The molecule has 0 aliphatic rings. The third-order valence-electron chi connectivity index (χ3n) is 2.29. The Balaban J connectivity index is 2.11. The van der Waals surface area contributed by atoms with Gasteiger partial charge in [-0.25, -0.2) is 4.79 Å². The van der Waals surface area contributed by atoms with Gasteiger partial charge in [-0.05, 0) is 30.3 Å². The molecule has 0 unspecified atom stereocenters. The fourth-order valence-corrected chi connectivity index (χ4v) is 1.81. The van der Waals surface area contributed by atoms with Crippen LogP contribution in [0.3, 0.4) is 0 Å². The maximum absolute atomic E-state index is 11.7. The molecule has 0 aliphatic carbocycles. The van der Waals surface area contributed by atoms with E-state index in [1.54, 1.807) is 42.5 Å². The van der Waals surface area contributed by atoms with Crippen molar-refractivity contribution in [3.63, 3.8) is 0 Å². The molecular weight excluding hydrogens is 308 g/mol. The number of halogens is 1. The largest absolute Gasteiger partial charge is 0.417 e. The molecular formula is C14H9BrN2O2. The highest BCUT2D eigenvalue weighted by atomic mass is 79.9. The quantitative estimate of drug-likeness (QED) is 0.913. The number of hydrogen-bond donors (Lipinski definition) is 1. The molecule has 0 aromatic heterocycles. The number of anilines is 1. The van der Waals surface area contributed by atoms with Crippen molar-refractivity contribution in [2.75, 3.05) is 5.32 Å². The second kappa shape index (κ2) is 6.03. The molecule has 2 rings (SSSR count). The predicted octanol–water partition coefficient (Wildman–Crippen LogP) is 3.93. The molecule has 4 nitrogen and oxygen atoms in total. The molecule has 1 amide bonds. The molecule has 0 aliphatic heterocycles. The average molecular weight is 317 g/mol. The average Bonchev–Trinajstić information content (AvgIpc) is 2.40. The van der Waals surface area contributed by atoms with E-state index in [0.717, 1.165) is 4.47 Å². The van der Waals surface area contributed by atoms with Gasteiger partial charge in [-0.3, -0.25) is 5.32 Å². The Hall–Kier alpha value is -2.32. The minimum absolute atomic E-state index is 0.369. The Morgan fingerprint density at radius 2 is 1.95 bits per heavy atom. The zero-order chi connectivity index (χ0) is 13.7. The Kier molecular flexibility index (Phi) is 4.16. The summed E-state index contributed by atoms with van der Waals surface area (Å²) in [6.45, 7) is 0. The summed E-state index contributed by atoms with van der Waals surface area (Å²) in [4.78, 5) is 11.7. The van der Waals surface area contributed by atoms with Gasteiger partial charge in [0.05, 0.1) is 11.3 Å². The van der Waals surface area contributed by atoms with Gasteiger partial charge in [0.15, 0.2) is 0 Å². The molecule has 0 spiro atoms. The molecule has 0 fully saturated rings. The van der Waals surface area contributed by atoms with Gasteiger partial charge in [-0.1, -0.05) is 34.1 Å². The SMILES string of the molecule is N#Cc1ccc(Br)cc1NC(=O)Oc1ccccc1. The number of carbonyl (C=O) groups is 1. The van der Waals surface area contributed by atoms with Crippen LogP contribution in [0.15, 0.2) is 53.0 Å². The van der Waals surface area contributed by atoms with Gasteiger partial charge in [0.1, 0.15) is 11.8 Å². The number of benzene rings is 2. The summed E-state index contributed by atoms with van der Waals surface area (Å²) in [5.74, 6) is 0.438. The Labute approximate surface area is 118 Å². The zero-order valence-electron chi connectivity index (χ0n) is 9.76. The summed E-state index contributed by atoms with van der Waals surface area (Å²) in [5.41, 5.74) is 0.769. The number of rotatable bonds is 2. The third-order valence-corrected chi connectivity index (χ3v) is 2.79. The number of nitrogens with zero attached hydrogens (tertiary/aromatic N) is 1. The first kappa shape index (κ1) is 13.1. The number of para-hydroxylation sites is 1. The van der Waals surface area contributed by atoms with Gasteiger partial charge in [-0.15, -0.1) is 0 Å². The first-order chi connectivity index (χ1) is 9.19. The van der Waals surface area contributed by atoms with E-state index in [1.807, 2.05) is 12.1 Å². The Bertz CT molecular complexity index is 636. The van der Waals surface area contributed by atoms with Gasteiger partial charge >= 0.3 is 6.09 Å². The second-order valence-corrected chi connectivity index (χ2v) is 4.54. The minimum atomic E-state index is -0.638. The van der Waals surface area contributed by atoms with Gasteiger partial charge < -0.3 is 4.74 Å². The summed E-state index contributed by atoms with van der Waals surface area (Å²) < 4.78 is 5.85. The van der Waals surface area contributed by atoms with Crippen molar-refractivity contribution in [1.82, 2.24) is 0 Å². The fourth-order valence-electron chi connectivity index (χ4n) is 1.45. The van der Waals surface area contributed by atoms with E-state index in [1.165, 1.54) is 0 Å². The number of ether oxygens (including phenoxy) is 1. The fraction of sp³-hybridized carbons (Fsp3) is 0. The summed E-state index contributed by atoms with van der Waals surface area (Å²) in [5, 5.41) is 11.5. The molecule has 0 heterocycles. The lowest BCUT2D eigenvalue weighted by Gasteiger charge is -2.08. The molecule has 19 heavy (non-hydrogen) atoms. The number of hydrogen-bond acceptors (Lipinski definition) is 3. The summed E-state index contributed by atoms with van der Waals surface area (Å²) in [6.07, 6.45) is -0.638. The van der Waals surface area contributed by atoms with Crippen LogP contribution in [0.2, 0.25) is 0 Å². The van der Waals surface area contributed by atoms with Gasteiger partial charge in [0, 0.05) is 4.47 Å². The molecule has 94 valence electrons. The van der Waals surface area contributed by atoms with Crippen LogP contribution in [-0.4, -0.2) is 6.09 Å². The van der Waals surface area contributed by atoms with Crippen molar-refractivity contribution in [2.45, 2.75) is 0 Å². The number of nitriles is 1. The van der Waals surface area contributed by atoms with E-state index in [0.29, 0.717) is 17.0 Å². The van der Waals surface area contributed by atoms with E-state index in [9.17, 15) is 4.79 Å². The van der Waals surface area contributed by atoms with Crippen molar-refractivity contribution >= 4 is 27.7 Å². The molecule has 0 saturated carbocycles. The topological polar surface area (TPSA) is 62.1 Å². The summed E-state index contributed by atoms with van der Waals surface area (Å²) in [6, 6.07) is 15.7. The molecule has 2 aromatic rings. The van der Waals surface area contributed by atoms with Crippen LogP contribution in [0, 0.1) is 11.3 Å². The van der Waals surface area contributed by atoms with Crippen LogP contribution >= 0.6 is 15.9 Å². The smallest absolute Gasteiger partial charge is 0.410 e. The van der Waals surface area contributed by atoms with Crippen LogP contribution in [0.4, 0.5) is 10.5 Å². The van der Waals surface area contributed by atoms with Crippen LogP contribution in [0.1, 0.15) is 5.56 Å². The molecule has 0 saturated heterocycles. The van der Waals surface area contributed by atoms with Crippen LogP contribution in [0.25, 0.3) is 0 Å². The normalized spacial score (nSPS) is 9.47. The lowest BCUT2D eigenvalue weighted by Crippen LogP contribution is -2.17. The molecule has 0 atom stereocenters. The molecule has 1 N–H and O–H groups in total. The highest BCUT2D eigenvalue weighted by molar-refractivity contribution is 9.10. The van der Waals surface area contributed by atoms with Crippen molar-refractivity contribution in [2.24, 2.45) is 0 Å². The zero-order valence-corrected chi connectivity index (χ0v) is 11.3. The van der Waals surface area contributed by atoms with Crippen LogP contribution < -0.4 is 10.1 Å². The van der Waals surface area contributed by atoms with E-state index >= 15 is 0 Å². The van der Waals surface area contributed by atoms with Crippen LogP contribution in [0.5, 0.6) is 5.75 Å². The van der Waals surface area contributed by atoms with Crippen molar-refractivity contribution in [3.8, 4) is 11.8 Å². The van der Waals surface area contributed by atoms with Gasteiger partial charge in [0.25, 0.3) is 0 Å². The standard InChI is InChI=1S/C14H9BrN2O2/c15-11-7-6-10(9-16)13(8-11)17-14(18)19-12-4-2-1-3-5-12/h1-8H,(H,17,18). The van der Waals surface area contributed by atoms with E-state index < -0.39 is 6.09 Å². The summed E-state index contributed by atoms with van der Waals surface area (Å²) in [7, 11) is 0. The monoisotopic (exact) mass is 316 g/mol. The Morgan fingerprint density at radius 1 is 1.21 bits per heavy atom. The van der Waals surface area contributed by atoms with Crippen LogP contribution in [-0.2, 0) is 0 Å². The predicted molar refractivity (Wildman–Crippen MR) is 74.9 cm³/mol. The van der Waals surface area contributed by atoms with Crippen molar-refractivity contribution < 1.29 is 9.53 Å². The van der Waals surface area contributed by atoms with Gasteiger partial charge in [-0.2, -0.15) is 5.26 Å².